The van der Waals surface area contributed by atoms with Crippen LogP contribution in [-0.4, -0.2) is 54.0 Å². The molecule has 134 valence electrons. The number of carbonyl (C=O) groups is 2. The first kappa shape index (κ1) is 16.7. The second kappa shape index (κ2) is 6.88. The van der Waals surface area contributed by atoms with Crippen LogP contribution < -0.4 is 4.90 Å². The molecule has 0 aliphatic carbocycles. The molecule has 1 atom stereocenters. The highest BCUT2D eigenvalue weighted by Crippen LogP contribution is 2.32. The SMILES string of the molecule is CC1Cc2ccccc2N1C(=O)c1cccc(C(=O)N2CCOCC2)n1. The quantitative estimate of drug-likeness (QED) is 0.832. The molecule has 1 aromatic heterocycles. The lowest BCUT2D eigenvalue weighted by Crippen LogP contribution is -2.41. The summed E-state index contributed by atoms with van der Waals surface area (Å²) in [5.74, 6) is -0.322. The van der Waals surface area contributed by atoms with Crippen LogP contribution in [0.15, 0.2) is 42.5 Å². The van der Waals surface area contributed by atoms with Gasteiger partial charge in [0, 0.05) is 24.8 Å². The van der Waals surface area contributed by atoms with Gasteiger partial charge in [-0.3, -0.25) is 9.59 Å². The highest BCUT2D eigenvalue weighted by molar-refractivity contribution is 6.07. The summed E-state index contributed by atoms with van der Waals surface area (Å²) in [5.41, 5.74) is 2.69. The van der Waals surface area contributed by atoms with Gasteiger partial charge < -0.3 is 14.5 Å². The first-order valence-corrected chi connectivity index (χ1v) is 8.90. The summed E-state index contributed by atoms with van der Waals surface area (Å²) in [7, 11) is 0. The Morgan fingerprint density at radius 1 is 1.00 bits per heavy atom. The summed E-state index contributed by atoms with van der Waals surface area (Å²) in [4.78, 5) is 33.6. The van der Waals surface area contributed by atoms with Crippen LogP contribution in [0.4, 0.5) is 5.69 Å². The molecule has 2 aliphatic rings. The van der Waals surface area contributed by atoms with E-state index in [0.29, 0.717) is 37.7 Å². The Labute approximate surface area is 152 Å². The van der Waals surface area contributed by atoms with Crippen molar-refractivity contribution in [3.05, 3.63) is 59.4 Å². The van der Waals surface area contributed by atoms with E-state index in [4.69, 9.17) is 4.74 Å². The number of pyridine rings is 1. The van der Waals surface area contributed by atoms with Gasteiger partial charge in [-0.1, -0.05) is 24.3 Å². The number of rotatable bonds is 2. The molecule has 6 nitrogen and oxygen atoms in total. The molecule has 2 aliphatic heterocycles. The highest BCUT2D eigenvalue weighted by Gasteiger charge is 2.32. The molecular weight excluding hydrogens is 330 g/mol. The van der Waals surface area contributed by atoms with E-state index in [-0.39, 0.29) is 17.9 Å². The van der Waals surface area contributed by atoms with Crippen molar-refractivity contribution in [1.29, 1.82) is 0 Å². The number of nitrogens with zero attached hydrogens (tertiary/aromatic N) is 3. The predicted octanol–water partition coefficient (Wildman–Crippen LogP) is 2.15. The molecule has 6 heteroatoms. The number of ether oxygens (including phenoxy) is 1. The van der Waals surface area contributed by atoms with E-state index in [1.165, 1.54) is 0 Å². The normalized spacial score (nSPS) is 19.3. The molecule has 2 aromatic rings. The summed E-state index contributed by atoms with van der Waals surface area (Å²) in [6.45, 7) is 4.20. The van der Waals surface area contributed by atoms with Crippen LogP contribution in [-0.2, 0) is 11.2 Å². The Morgan fingerprint density at radius 3 is 2.46 bits per heavy atom. The number of hydrogen-bond acceptors (Lipinski definition) is 4. The summed E-state index contributed by atoms with van der Waals surface area (Å²) in [6, 6.07) is 13.1. The number of aromatic nitrogens is 1. The van der Waals surface area contributed by atoms with Crippen molar-refractivity contribution >= 4 is 17.5 Å². The molecular formula is C20H21N3O3. The summed E-state index contributed by atoms with van der Waals surface area (Å²) < 4.78 is 5.29. The molecule has 0 radical (unpaired) electrons. The van der Waals surface area contributed by atoms with Gasteiger partial charge in [-0.15, -0.1) is 0 Å². The number of hydrogen-bond donors (Lipinski definition) is 0. The van der Waals surface area contributed by atoms with Gasteiger partial charge in [0.2, 0.25) is 0 Å². The van der Waals surface area contributed by atoms with Gasteiger partial charge in [0.05, 0.1) is 13.2 Å². The lowest BCUT2D eigenvalue weighted by molar-refractivity contribution is 0.0299. The Morgan fingerprint density at radius 2 is 1.69 bits per heavy atom. The van der Waals surface area contributed by atoms with E-state index < -0.39 is 0 Å². The van der Waals surface area contributed by atoms with E-state index in [1.54, 1.807) is 28.0 Å². The maximum atomic E-state index is 13.1. The third-order valence-corrected chi connectivity index (χ3v) is 4.91. The Kier molecular flexibility index (Phi) is 4.42. The zero-order valence-electron chi connectivity index (χ0n) is 14.7. The summed E-state index contributed by atoms with van der Waals surface area (Å²) in [5, 5.41) is 0. The van der Waals surface area contributed by atoms with Gasteiger partial charge in [-0.2, -0.15) is 0 Å². The van der Waals surface area contributed by atoms with Gasteiger partial charge in [-0.05, 0) is 37.1 Å². The van der Waals surface area contributed by atoms with E-state index in [0.717, 1.165) is 17.7 Å². The highest BCUT2D eigenvalue weighted by atomic mass is 16.5. The minimum atomic E-state index is -0.168. The van der Waals surface area contributed by atoms with Crippen molar-refractivity contribution in [2.24, 2.45) is 0 Å². The van der Waals surface area contributed by atoms with E-state index in [2.05, 4.69) is 4.98 Å². The number of morpholine rings is 1. The van der Waals surface area contributed by atoms with Crippen LogP contribution in [0.5, 0.6) is 0 Å². The van der Waals surface area contributed by atoms with E-state index >= 15 is 0 Å². The van der Waals surface area contributed by atoms with E-state index in [1.807, 2.05) is 31.2 Å². The molecule has 1 aromatic carbocycles. The zero-order chi connectivity index (χ0) is 18.1. The number of anilines is 1. The maximum Gasteiger partial charge on any atom is 0.277 e. The molecule has 1 fully saturated rings. The second-order valence-corrected chi connectivity index (χ2v) is 6.67. The molecule has 4 rings (SSSR count). The number of amides is 2. The van der Waals surface area contributed by atoms with Gasteiger partial charge in [0.15, 0.2) is 0 Å². The zero-order valence-corrected chi connectivity index (χ0v) is 14.7. The fourth-order valence-corrected chi connectivity index (χ4v) is 3.60. The van der Waals surface area contributed by atoms with Gasteiger partial charge in [0.1, 0.15) is 11.4 Å². The molecule has 0 bridgehead atoms. The van der Waals surface area contributed by atoms with Crippen molar-refractivity contribution in [3.63, 3.8) is 0 Å². The fraction of sp³-hybridized carbons (Fsp3) is 0.350. The third kappa shape index (κ3) is 2.97. The van der Waals surface area contributed by atoms with Crippen LogP contribution in [0, 0.1) is 0 Å². The fourth-order valence-electron chi connectivity index (χ4n) is 3.60. The molecule has 3 heterocycles. The number of benzene rings is 1. The van der Waals surface area contributed by atoms with Crippen LogP contribution in [0.2, 0.25) is 0 Å². The smallest absolute Gasteiger partial charge is 0.277 e. The Balaban J connectivity index is 1.60. The second-order valence-electron chi connectivity index (χ2n) is 6.67. The monoisotopic (exact) mass is 351 g/mol. The van der Waals surface area contributed by atoms with Gasteiger partial charge in [-0.25, -0.2) is 4.98 Å². The minimum absolute atomic E-state index is 0.0697. The van der Waals surface area contributed by atoms with Crippen LogP contribution in [0.25, 0.3) is 0 Å². The van der Waals surface area contributed by atoms with Crippen LogP contribution in [0.3, 0.4) is 0 Å². The predicted molar refractivity (Wildman–Crippen MR) is 97.4 cm³/mol. The Bertz CT molecular complexity index is 846. The van der Waals surface area contributed by atoms with Crippen molar-refractivity contribution in [3.8, 4) is 0 Å². The lowest BCUT2D eigenvalue weighted by Gasteiger charge is -2.26. The molecule has 0 N–H and O–H groups in total. The first-order chi connectivity index (χ1) is 12.6. The Hall–Kier alpha value is -2.73. The van der Waals surface area contributed by atoms with Crippen molar-refractivity contribution in [2.75, 3.05) is 31.2 Å². The molecule has 0 saturated carbocycles. The average Bonchev–Trinajstić information content (AvgIpc) is 3.03. The van der Waals surface area contributed by atoms with E-state index in [9.17, 15) is 9.59 Å². The largest absolute Gasteiger partial charge is 0.378 e. The minimum Gasteiger partial charge on any atom is -0.378 e. The molecule has 2 amide bonds. The topological polar surface area (TPSA) is 62.7 Å². The molecule has 1 saturated heterocycles. The van der Waals surface area contributed by atoms with Crippen molar-refractivity contribution in [1.82, 2.24) is 9.88 Å². The molecule has 0 spiro atoms. The summed E-state index contributed by atoms with van der Waals surface area (Å²) in [6.07, 6.45) is 0.828. The summed E-state index contributed by atoms with van der Waals surface area (Å²) >= 11 is 0. The van der Waals surface area contributed by atoms with Crippen LogP contribution >= 0.6 is 0 Å². The van der Waals surface area contributed by atoms with Gasteiger partial charge in [0.25, 0.3) is 11.8 Å². The standard InChI is InChI=1S/C20H21N3O3/c1-14-13-15-5-2-3-8-18(15)23(14)20(25)17-7-4-6-16(21-17)19(24)22-9-11-26-12-10-22/h2-8,14H,9-13H2,1H3. The molecule has 1 unspecified atom stereocenters. The van der Waals surface area contributed by atoms with Crippen molar-refractivity contribution < 1.29 is 14.3 Å². The van der Waals surface area contributed by atoms with Crippen molar-refractivity contribution in [2.45, 2.75) is 19.4 Å². The third-order valence-electron chi connectivity index (χ3n) is 4.91. The number of para-hydroxylation sites is 1. The average molecular weight is 351 g/mol. The maximum absolute atomic E-state index is 13.1. The first-order valence-electron chi connectivity index (χ1n) is 8.90. The number of carbonyl (C=O) groups excluding carboxylic acids is 2. The van der Waals surface area contributed by atoms with Gasteiger partial charge >= 0.3 is 0 Å². The van der Waals surface area contributed by atoms with Crippen LogP contribution in [0.1, 0.15) is 33.5 Å². The molecule has 26 heavy (non-hydrogen) atoms. The number of fused-ring (bicyclic) bond motifs is 1. The lowest BCUT2D eigenvalue weighted by atomic mass is 10.1.